The summed E-state index contributed by atoms with van der Waals surface area (Å²) in [6.07, 6.45) is 6.92. The summed E-state index contributed by atoms with van der Waals surface area (Å²) in [5, 5.41) is 13.7. The second-order valence-corrected chi connectivity index (χ2v) is 9.13. The minimum Gasteiger partial charge on any atom is -0.872 e. The van der Waals surface area contributed by atoms with Gasteiger partial charge in [0.25, 0.3) is 5.91 Å². The number of carbonyl (C=O) groups is 2. The Labute approximate surface area is 209 Å². The number of likely N-dealkylation sites (tertiary alicyclic amines) is 1. The molecule has 0 aliphatic carbocycles. The van der Waals surface area contributed by atoms with Gasteiger partial charge in [-0.1, -0.05) is 24.0 Å². The number of nitrogens with one attached hydrogen (secondary N) is 1. The molecule has 3 aromatic rings. The molecule has 5 rings (SSSR count). The molecule has 0 radical (unpaired) electrons. The van der Waals surface area contributed by atoms with Crippen LogP contribution in [0, 0.1) is 0 Å². The van der Waals surface area contributed by atoms with Crippen molar-refractivity contribution in [1.29, 1.82) is 0 Å². The average Bonchev–Trinajstić information content (AvgIpc) is 3.58. The van der Waals surface area contributed by atoms with E-state index >= 15 is 0 Å². The number of Topliss-reactive ketones (excluding diaryl/α,β-unsaturated/α-hetero) is 1. The third-order valence-electron chi connectivity index (χ3n) is 6.61. The molecule has 1 fully saturated rings. The fourth-order valence-corrected chi connectivity index (χ4v) is 4.96. The normalized spacial score (nSPS) is 20.4. The fourth-order valence-electron chi connectivity index (χ4n) is 4.96. The Morgan fingerprint density at radius 3 is 2.75 bits per heavy atom. The first-order chi connectivity index (χ1) is 17.5. The number of ketones is 1. The number of fused-ring (bicyclic) bond motifs is 1. The number of aromatic amines is 1. The molecular formula is C28H29N3O5. The third kappa shape index (κ3) is 4.46. The Bertz CT molecular complexity index is 1300. The number of benzene rings is 2. The molecule has 186 valence electrons. The maximum atomic E-state index is 13.7. The molecule has 36 heavy (non-hydrogen) atoms. The number of hydrogen-bond acceptors (Lipinski definition) is 5. The number of H-pyrrole nitrogens is 1. The summed E-state index contributed by atoms with van der Waals surface area (Å²) in [4.78, 5) is 30.9. The summed E-state index contributed by atoms with van der Waals surface area (Å²) < 4.78 is 13.3. The second kappa shape index (κ2) is 9.89. The highest BCUT2D eigenvalue weighted by Crippen LogP contribution is 2.40. The maximum Gasteiger partial charge on any atom is 0.295 e. The summed E-state index contributed by atoms with van der Waals surface area (Å²) in [7, 11) is 0. The van der Waals surface area contributed by atoms with Crippen LogP contribution in [-0.4, -0.2) is 40.8 Å². The Morgan fingerprint density at radius 1 is 1.22 bits per heavy atom. The van der Waals surface area contributed by atoms with Crippen molar-refractivity contribution < 1.29 is 28.7 Å². The number of rotatable bonds is 8. The molecule has 3 heterocycles. The van der Waals surface area contributed by atoms with Crippen LogP contribution in [0.1, 0.15) is 43.0 Å². The van der Waals surface area contributed by atoms with E-state index in [1.807, 2.05) is 49.3 Å². The van der Waals surface area contributed by atoms with Crippen LogP contribution in [0.3, 0.4) is 0 Å². The zero-order valence-electron chi connectivity index (χ0n) is 20.4. The van der Waals surface area contributed by atoms with Crippen LogP contribution in [0.15, 0.2) is 66.8 Å². The molecule has 8 heteroatoms. The van der Waals surface area contributed by atoms with E-state index in [0.717, 1.165) is 11.3 Å². The zero-order chi connectivity index (χ0) is 25.2. The van der Waals surface area contributed by atoms with E-state index in [4.69, 9.17) is 9.47 Å². The van der Waals surface area contributed by atoms with Gasteiger partial charge in [0.2, 0.25) is 12.1 Å². The molecule has 2 unspecified atom stereocenters. The van der Waals surface area contributed by atoms with Crippen molar-refractivity contribution >= 4 is 17.4 Å². The summed E-state index contributed by atoms with van der Waals surface area (Å²) >= 11 is 0. The minimum absolute atomic E-state index is 0.00892. The lowest BCUT2D eigenvalue weighted by Crippen LogP contribution is -2.36. The Kier molecular flexibility index (Phi) is 6.50. The van der Waals surface area contributed by atoms with Gasteiger partial charge >= 0.3 is 0 Å². The van der Waals surface area contributed by atoms with Crippen molar-refractivity contribution in [2.75, 3.05) is 13.2 Å². The standard InChI is InChI=1S/C28H29N3O5/c1-3-35-22-8-5-19(6-9-22)25-24(26(32)20-7-10-23-21(16-20)15-18(2)36-23)27(33)28(34)31(25)13-4-12-30-14-11-29-17-30/h5-11,14,16-18,25H,3-4,12-13,15H2,1-2H3,(H,32,33). The predicted octanol–water partition coefficient (Wildman–Crippen LogP) is 2.34. The van der Waals surface area contributed by atoms with Crippen LogP contribution in [0.2, 0.25) is 0 Å². The number of ether oxygens (including phenoxy) is 2. The fraction of sp³-hybridized carbons (Fsp3) is 0.321. The first-order valence-corrected chi connectivity index (χ1v) is 12.3. The SMILES string of the molecule is CCOc1ccc(C2C(=C([O-])c3ccc4c(c3)CC(C)O4)C(=O)C(=O)N2CCC[n+]2cc[nH]c2)cc1. The number of carbonyl (C=O) groups excluding carboxylic acids is 2. The van der Waals surface area contributed by atoms with E-state index in [1.165, 1.54) is 4.90 Å². The van der Waals surface area contributed by atoms with E-state index < -0.39 is 23.5 Å². The summed E-state index contributed by atoms with van der Waals surface area (Å²) in [6, 6.07) is 11.7. The van der Waals surface area contributed by atoms with E-state index in [9.17, 15) is 14.7 Å². The zero-order valence-corrected chi connectivity index (χ0v) is 20.4. The monoisotopic (exact) mass is 487 g/mol. The molecule has 2 aliphatic rings. The van der Waals surface area contributed by atoms with Crippen LogP contribution < -0.4 is 19.1 Å². The molecule has 2 aromatic carbocycles. The lowest BCUT2D eigenvalue weighted by molar-refractivity contribution is -0.695. The number of aromatic nitrogens is 2. The molecule has 0 saturated carbocycles. The average molecular weight is 488 g/mol. The van der Waals surface area contributed by atoms with Crippen molar-refractivity contribution in [2.24, 2.45) is 0 Å². The van der Waals surface area contributed by atoms with E-state index in [2.05, 4.69) is 4.98 Å². The topological polar surface area (TPSA) is 98.6 Å². The maximum absolute atomic E-state index is 13.7. The van der Waals surface area contributed by atoms with Gasteiger partial charge in [0.1, 0.15) is 30.0 Å². The van der Waals surface area contributed by atoms with Gasteiger partial charge < -0.3 is 19.5 Å². The lowest BCUT2D eigenvalue weighted by Gasteiger charge is -2.27. The van der Waals surface area contributed by atoms with Crippen LogP contribution in [0.25, 0.3) is 5.76 Å². The molecule has 1 amide bonds. The molecule has 8 nitrogen and oxygen atoms in total. The van der Waals surface area contributed by atoms with E-state index in [-0.39, 0.29) is 11.7 Å². The first-order valence-electron chi connectivity index (χ1n) is 12.3. The van der Waals surface area contributed by atoms with E-state index in [1.54, 1.807) is 30.3 Å². The number of amides is 1. The van der Waals surface area contributed by atoms with Crippen molar-refractivity contribution in [3.8, 4) is 11.5 Å². The minimum atomic E-state index is -0.757. The Balaban J connectivity index is 1.52. The molecule has 1 aromatic heterocycles. The quantitative estimate of drug-likeness (QED) is 0.228. The van der Waals surface area contributed by atoms with Gasteiger partial charge in [-0.3, -0.25) is 14.6 Å². The van der Waals surface area contributed by atoms with Crippen LogP contribution >= 0.6 is 0 Å². The number of nitrogens with zero attached hydrogens (tertiary/aromatic N) is 2. The molecule has 0 bridgehead atoms. The highest BCUT2D eigenvalue weighted by molar-refractivity contribution is 6.46. The lowest BCUT2D eigenvalue weighted by atomic mass is 9.94. The van der Waals surface area contributed by atoms with Crippen LogP contribution in [0.5, 0.6) is 11.5 Å². The van der Waals surface area contributed by atoms with Gasteiger partial charge in [-0.25, -0.2) is 4.57 Å². The molecule has 1 N–H and O–H groups in total. The van der Waals surface area contributed by atoms with Gasteiger partial charge in [0.15, 0.2) is 0 Å². The number of aryl methyl sites for hydroxylation is 1. The van der Waals surface area contributed by atoms with Gasteiger partial charge in [0.05, 0.1) is 19.2 Å². The first kappa shape index (κ1) is 23.7. The molecular weight excluding hydrogens is 458 g/mol. The van der Waals surface area contributed by atoms with Crippen molar-refractivity contribution in [1.82, 2.24) is 9.88 Å². The second-order valence-electron chi connectivity index (χ2n) is 9.13. The highest BCUT2D eigenvalue weighted by atomic mass is 16.5. The van der Waals surface area contributed by atoms with Crippen molar-refractivity contribution in [3.05, 3.63) is 83.4 Å². The Morgan fingerprint density at radius 2 is 2.03 bits per heavy atom. The van der Waals surface area contributed by atoms with Crippen LogP contribution in [-0.2, 0) is 22.6 Å². The molecule has 2 atom stereocenters. The van der Waals surface area contributed by atoms with Gasteiger partial charge in [-0.05, 0) is 54.8 Å². The van der Waals surface area contributed by atoms with Crippen molar-refractivity contribution in [2.45, 2.75) is 45.4 Å². The summed E-state index contributed by atoms with van der Waals surface area (Å²) in [6.45, 7) is 5.41. The Hall–Kier alpha value is -4.07. The largest absolute Gasteiger partial charge is 0.872 e. The number of hydrogen-bond donors (Lipinski definition) is 1. The number of imidazole rings is 1. The summed E-state index contributed by atoms with van der Waals surface area (Å²) in [5.41, 5.74) is 2.02. The van der Waals surface area contributed by atoms with Crippen molar-refractivity contribution in [3.63, 3.8) is 0 Å². The molecule has 0 spiro atoms. The van der Waals surface area contributed by atoms with Crippen LogP contribution in [0.4, 0.5) is 0 Å². The highest BCUT2D eigenvalue weighted by Gasteiger charge is 2.44. The third-order valence-corrected chi connectivity index (χ3v) is 6.61. The van der Waals surface area contributed by atoms with Gasteiger partial charge in [-0.2, -0.15) is 0 Å². The summed E-state index contributed by atoms with van der Waals surface area (Å²) in [5.74, 6) is -0.359. The van der Waals surface area contributed by atoms with E-state index in [0.29, 0.717) is 49.4 Å². The van der Waals surface area contributed by atoms with Gasteiger partial charge in [-0.15, -0.1) is 0 Å². The molecule has 1 saturated heterocycles. The van der Waals surface area contributed by atoms with Gasteiger partial charge in [0, 0.05) is 25.0 Å². The predicted molar refractivity (Wildman–Crippen MR) is 130 cm³/mol. The molecule has 2 aliphatic heterocycles. The smallest absolute Gasteiger partial charge is 0.295 e.